The predicted octanol–water partition coefficient (Wildman–Crippen LogP) is 6.62. The zero-order valence-electron chi connectivity index (χ0n) is 20.5. The van der Waals surface area contributed by atoms with Crippen LogP contribution in [0.3, 0.4) is 0 Å². The molecule has 5 rings (SSSR count). The van der Waals surface area contributed by atoms with E-state index < -0.39 is 0 Å². The van der Waals surface area contributed by atoms with E-state index in [0.717, 1.165) is 58.1 Å². The Morgan fingerprint density at radius 2 is 1.75 bits per heavy atom. The van der Waals surface area contributed by atoms with Gasteiger partial charge < -0.3 is 20.1 Å². The highest BCUT2D eigenvalue weighted by Gasteiger charge is 2.41. The Morgan fingerprint density at radius 1 is 1.00 bits per heavy atom. The Hall–Kier alpha value is -3.35. The third kappa shape index (κ3) is 4.84. The van der Waals surface area contributed by atoms with Crippen LogP contribution in [-0.2, 0) is 0 Å². The lowest BCUT2D eigenvalue weighted by Crippen LogP contribution is -2.31. The summed E-state index contributed by atoms with van der Waals surface area (Å²) in [6.45, 7) is 5.99. The van der Waals surface area contributed by atoms with E-state index in [0.29, 0.717) is 0 Å². The van der Waals surface area contributed by atoms with E-state index in [9.17, 15) is 0 Å². The summed E-state index contributed by atoms with van der Waals surface area (Å²) >= 11 is 12.5. The molecule has 1 fully saturated rings. The molecule has 0 spiro atoms. The molecule has 0 unspecified atom stereocenters. The number of para-hydroxylation sites is 2. The summed E-state index contributed by atoms with van der Waals surface area (Å²) in [5, 5.41) is 8.58. The Morgan fingerprint density at radius 3 is 2.50 bits per heavy atom. The summed E-state index contributed by atoms with van der Waals surface area (Å²) in [5.74, 6) is 0. The van der Waals surface area contributed by atoms with E-state index in [1.165, 1.54) is 5.56 Å². The zero-order chi connectivity index (χ0) is 25.1. The standard InChI is InChI=1S/C29H30ClN5S/c1-20-19-23(21(2)35(20)26-15-7-6-13-24(26)30)28-27(25-14-8-9-16-32-25)33-29(36)34(28)18-10-17-31-22-11-4-3-5-12-22/h3-9,11-16,19,27-28,31H,10,17-18H2,1-2H3,(H,33,36)/t27-,28+/m1/s1. The van der Waals surface area contributed by atoms with Gasteiger partial charge in [-0.2, -0.15) is 0 Å². The van der Waals surface area contributed by atoms with E-state index >= 15 is 0 Å². The van der Waals surface area contributed by atoms with Gasteiger partial charge >= 0.3 is 0 Å². The molecule has 1 aliphatic heterocycles. The molecule has 0 bridgehead atoms. The number of hydrogen-bond acceptors (Lipinski definition) is 3. The highest BCUT2D eigenvalue weighted by Crippen LogP contribution is 2.41. The fraction of sp³-hybridized carbons (Fsp3) is 0.241. The first-order valence-electron chi connectivity index (χ1n) is 12.3. The zero-order valence-corrected chi connectivity index (χ0v) is 22.1. The van der Waals surface area contributed by atoms with Crippen LogP contribution in [0.1, 0.15) is 41.1 Å². The third-order valence-corrected chi connectivity index (χ3v) is 7.43. The van der Waals surface area contributed by atoms with E-state index in [1.54, 1.807) is 0 Å². The maximum atomic E-state index is 6.60. The van der Waals surface area contributed by atoms with Crippen molar-refractivity contribution in [2.75, 3.05) is 18.4 Å². The first kappa shape index (κ1) is 24.3. The van der Waals surface area contributed by atoms with Crippen LogP contribution < -0.4 is 10.6 Å². The SMILES string of the molecule is Cc1cc([C@H]2[C@@H](c3ccccn3)NC(=S)N2CCCNc2ccccc2)c(C)n1-c1ccccc1Cl. The second kappa shape index (κ2) is 10.7. The Labute approximate surface area is 223 Å². The van der Waals surface area contributed by atoms with Gasteiger partial charge in [-0.25, -0.2) is 0 Å². The average Bonchev–Trinajstić information content (AvgIpc) is 3.38. The normalized spacial score (nSPS) is 17.3. The highest BCUT2D eigenvalue weighted by atomic mass is 35.5. The van der Waals surface area contributed by atoms with Crippen LogP contribution in [-0.4, -0.2) is 32.7 Å². The molecule has 36 heavy (non-hydrogen) atoms. The van der Waals surface area contributed by atoms with Crippen molar-refractivity contribution in [2.24, 2.45) is 0 Å². The van der Waals surface area contributed by atoms with Crippen LogP contribution in [0.5, 0.6) is 0 Å². The number of nitrogens with zero attached hydrogens (tertiary/aromatic N) is 3. The minimum Gasteiger partial charge on any atom is -0.385 e. The molecule has 2 atom stereocenters. The number of nitrogens with one attached hydrogen (secondary N) is 2. The number of hydrogen-bond donors (Lipinski definition) is 2. The maximum absolute atomic E-state index is 6.60. The molecule has 2 aromatic heterocycles. The molecular formula is C29H30ClN5S. The molecule has 4 aromatic rings. The van der Waals surface area contributed by atoms with E-state index in [1.807, 2.05) is 54.7 Å². The summed E-state index contributed by atoms with van der Waals surface area (Å²) < 4.78 is 2.24. The minimum atomic E-state index is -0.0408. The van der Waals surface area contributed by atoms with Crippen LogP contribution >= 0.6 is 23.8 Å². The monoisotopic (exact) mass is 515 g/mol. The Bertz CT molecular complexity index is 1340. The fourth-order valence-electron chi connectivity index (χ4n) is 5.11. The largest absolute Gasteiger partial charge is 0.385 e. The lowest BCUT2D eigenvalue weighted by atomic mass is 9.96. The van der Waals surface area contributed by atoms with Gasteiger partial charge in [0.15, 0.2) is 5.11 Å². The molecule has 5 nitrogen and oxygen atoms in total. The number of anilines is 1. The number of halogens is 1. The van der Waals surface area contributed by atoms with Crippen molar-refractivity contribution in [2.45, 2.75) is 32.4 Å². The molecule has 2 aromatic carbocycles. The van der Waals surface area contributed by atoms with Gasteiger partial charge in [-0.3, -0.25) is 4.98 Å². The van der Waals surface area contributed by atoms with Gasteiger partial charge in [0.05, 0.1) is 28.5 Å². The molecule has 2 N–H and O–H groups in total. The molecule has 0 aliphatic carbocycles. The van der Waals surface area contributed by atoms with Gasteiger partial charge in [0.1, 0.15) is 0 Å². The summed E-state index contributed by atoms with van der Waals surface area (Å²) in [5.41, 5.74) is 6.63. The van der Waals surface area contributed by atoms with Crippen molar-refractivity contribution < 1.29 is 0 Å². The second-order valence-electron chi connectivity index (χ2n) is 9.08. The van der Waals surface area contributed by atoms with Crippen molar-refractivity contribution in [3.05, 3.63) is 113 Å². The van der Waals surface area contributed by atoms with Gasteiger partial charge in [-0.1, -0.05) is 48.0 Å². The Balaban J connectivity index is 1.46. The fourth-order valence-corrected chi connectivity index (χ4v) is 5.67. The van der Waals surface area contributed by atoms with Crippen molar-refractivity contribution in [1.82, 2.24) is 19.8 Å². The maximum Gasteiger partial charge on any atom is 0.170 e. The minimum absolute atomic E-state index is 0.0200. The summed E-state index contributed by atoms with van der Waals surface area (Å²) in [6.07, 6.45) is 2.79. The first-order chi connectivity index (χ1) is 17.5. The van der Waals surface area contributed by atoms with Crippen LogP contribution in [0.15, 0.2) is 85.1 Å². The van der Waals surface area contributed by atoms with Crippen LogP contribution in [0.25, 0.3) is 5.69 Å². The second-order valence-corrected chi connectivity index (χ2v) is 9.87. The smallest absolute Gasteiger partial charge is 0.170 e. The number of benzene rings is 2. The van der Waals surface area contributed by atoms with E-state index in [2.05, 4.69) is 69.3 Å². The van der Waals surface area contributed by atoms with Gasteiger partial charge in [-0.05, 0) is 80.5 Å². The van der Waals surface area contributed by atoms with Crippen LogP contribution in [0.4, 0.5) is 5.69 Å². The molecular weight excluding hydrogens is 486 g/mol. The molecule has 3 heterocycles. The van der Waals surface area contributed by atoms with E-state index in [4.69, 9.17) is 23.8 Å². The van der Waals surface area contributed by atoms with Gasteiger partial charge in [0.2, 0.25) is 0 Å². The number of thiocarbonyl (C=S) groups is 1. The predicted molar refractivity (Wildman–Crippen MR) is 152 cm³/mol. The molecule has 1 saturated heterocycles. The van der Waals surface area contributed by atoms with Crippen molar-refractivity contribution in [1.29, 1.82) is 0 Å². The van der Waals surface area contributed by atoms with Gasteiger partial charge in [0, 0.05) is 36.4 Å². The lowest BCUT2D eigenvalue weighted by molar-refractivity contribution is 0.315. The molecule has 0 radical (unpaired) electrons. The quantitative estimate of drug-likeness (QED) is 0.204. The average molecular weight is 516 g/mol. The molecule has 1 aliphatic rings. The van der Waals surface area contributed by atoms with Crippen LogP contribution in [0, 0.1) is 13.8 Å². The topological polar surface area (TPSA) is 45.1 Å². The first-order valence-corrected chi connectivity index (χ1v) is 13.0. The number of aryl methyl sites for hydroxylation is 1. The Kier molecular flexibility index (Phi) is 7.25. The van der Waals surface area contributed by atoms with Gasteiger partial charge in [-0.15, -0.1) is 0 Å². The summed E-state index contributed by atoms with van der Waals surface area (Å²) in [6, 6.07) is 26.6. The molecule has 7 heteroatoms. The van der Waals surface area contributed by atoms with Crippen LogP contribution in [0.2, 0.25) is 5.02 Å². The van der Waals surface area contributed by atoms with Gasteiger partial charge in [0.25, 0.3) is 0 Å². The summed E-state index contributed by atoms with van der Waals surface area (Å²) in [4.78, 5) is 7.00. The number of rotatable bonds is 8. The number of pyridine rings is 1. The molecule has 0 saturated carbocycles. The molecule has 184 valence electrons. The van der Waals surface area contributed by atoms with Crippen molar-refractivity contribution in [3.63, 3.8) is 0 Å². The number of aromatic nitrogens is 2. The highest BCUT2D eigenvalue weighted by molar-refractivity contribution is 7.80. The molecule has 0 amide bonds. The summed E-state index contributed by atoms with van der Waals surface area (Å²) in [7, 11) is 0. The lowest BCUT2D eigenvalue weighted by Gasteiger charge is -2.28. The van der Waals surface area contributed by atoms with Crippen molar-refractivity contribution in [3.8, 4) is 5.69 Å². The third-order valence-electron chi connectivity index (χ3n) is 6.76. The van der Waals surface area contributed by atoms with Crippen molar-refractivity contribution >= 4 is 34.6 Å². The van der Waals surface area contributed by atoms with E-state index in [-0.39, 0.29) is 12.1 Å².